The van der Waals surface area contributed by atoms with Crippen molar-refractivity contribution in [1.29, 1.82) is 0 Å². The molecule has 0 aliphatic heterocycles. The smallest absolute Gasteiger partial charge is 0.191 e. The number of hydrogen-bond acceptors (Lipinski definition) is 3. The van der Waals surface area contributed by atoms with Gasteiger partial charge in [0.1, 0.15) is 11.6 Å². The van der Waals surface area contributed by atoms with E-state index in [4.69, 9.17) is 0 Å². The van der Waals surface area contributed by atoms with E-state index < -0.39 is 0 Å². The maximum Gasteiger partial charge on any atom is 0.191 e. The highest BCUT2D eigenvalue weighted by atomic mass is 32.2. The Morgan fingerprint density at radius 3 is 2.67 bits per heavy atom. The quantitative estimate of drug-likeness (QED) is 0.484. The summed E-state index contributed by atoms with van der Waals surface area (Å²) in [6.45, 7) is 4.49. The molecular weight excluding hydrogens is 323 g/mol. The summed E-state index contributed by atoms with van der Waals surface area (Å²) in [6.07, 6.45) is 4.59. The number of nitrogens with zero attached hydrogens (tertiary/aromatic N) is 4. The Kier molecular flexibility index (Phi) is 5.15. The van der Waals surface area contributed by atoms with Crippen LogP contribution in [0.4, 0.5) is 4.39 Å². The van der Waals surface area contributed by atoms with Crippen LogP contribution in [0.15, 0.2) is 60.4 Å². The van der Waals surface area contributed by atoms with Gasteiger partial charge in [-0.1, -0.05) is 30.0 Å². The fourth-order valence-electron chi connectivity index (χ4n) is 2.44. The number of halogens is 1. The van der Waals surface area contributed by atoms with Crippen molar-refractivity contribution < 1.29 is 4.39 Å². The monoisotopic (exact) mass is 342 g/mol. The highest BCUT2D eigenvalue weighted by Gasteiger charge is 2.13. The first-order chi connectivity index (χ1) is 11.7. The summed E-state index contributed by atoms with van der Waals surface area (Å²) in [7, 11) is 2.02. The Morgan fingerprint density at radius 1 is 1.21 bits per heavy atom. The van der Waals surface area contributed by atoms with Crippen LogP contribution in [0, 0.1) is 5.82 Å². The van der Waals surface area contributed by atoms with E-state index in [-0.39, 0.29) is 5.82 Å². The lowest BCUT2D eigenvalue weighted by atomic mass is 10.2. The van der Waals surface area contributed by atoms with E-state index in [0.29, 0.717) is 6.54 Å². The van der Waals surface area contributed by atoms with Gasteiger partial charge in [-0.15, -0.1) is 16.8 Å². The van der Waals surface area contributed by atoms with Crippen LogP contribution < -0.4 is 0 Å². The Labute approximate surface area is 145 Å². The molecule has 0 aliphatic carbocycles. The van der Waals surface area contributed by atoms with Gasteiger partial charge in [-0.05, 0) is 29.8 Å². The first-order valence-corrected chi connectivity index (χ1v) is 8.66. The van der Waals surface area contributed by atoms with E-state index in [1.807, 2.05) is 25.4 Å². The number of thioether (sulfide) groups is 1. The maximum atomic E-state index is 13.0. The van der Waals surface area contributed by atoms with Crippen LogP contribution >= 0.6 is 11.8 Å². The summed E-state index contributed by atoms with van der Waals surface area (Å²) in [5.41, 5.74) is 2.24. The Hall–Kier alpha value is -2.34. The third-order valence-corrected chi connectivity index (χ3v) is 4.81. The van der Waals surface area contributed by atoms with E-state index in [0.717, 1.165) is 28.7 Å². The van der Waals surface area contributed by atoms with Gasteiger partial charge in [-0.3, -0.25) is 0 Å². The van der Waals surface area contributed by atoms with Gasteiger partial charge in [0.2, 0.25) is 0 Å². The molecule has 0 atom stereocenters. The van der Waals surface area contributed by atoms with Crippen molar-refractivity contribution in [3.05, 3.63) is 78.1 Å². The molecule has 24 heavy (non-hydrogen) atoms. The second-order valence-electron chi connectivity index (χ2n) is 5.50. The molecule has 3 rings (SSSR count). The van der Waals surface area contributed by atoms with Crippen molar-refractivity contribution in [1.82, 2.24) is 19.3 Å². The van der Waals surface area contributed by atoms with E-state index in [9.17, 15) is 4.39 Å². The summed E-state index contributed by atoms with van der Waals surface area (Å²) in [5, 5.41) is 9.52. The van der Waals surface area contributed by atoms with E-state index in [1.54, 1.807) is 23.9 Å². The van der Waals surface area contributed by atoms with Crippen LogP contribution in [0.1, 0.15) is 17.1 Å². The molecule has 0 saturated carbocycles. The summed E-state index contributed by atoms with van der Waals surface area (Å²) in [6, 6.07) is 10.6. The predicted molar refractivity (Wildman–Crippen MR) is 94.4 cm³/mol. The molecule has 0 fully saturated rings. The van der Waals surface area contributed by atoms with E-state index in [2.05, 4.69) is 32.0 Å². The second kappa shape index (κ2) is 7.49. The Morgan fingerprint density at radius 2 is 2.00 bits per heavy atom. The van der Waals surface area contributed by atoms with Gasteiger partial charge >= 0.3 is 0 Å². The second-order valence-corrected chi connectivity index (χ2v) is 6.44. The van der Waals surface area contributed by atoms with Crippen LogP contribution in [-0.4, -0.2) is 19.3 Å². The van der Waals surface area contributed by atoms with Crippen molar-refractivity contribution in [2.45, 2.75) is 23.9 Å². The van der Waals surface area contributed by atoms with Crippen LogP contribution in [-0.2, 0) is 25.8 Å². The Bertz CT molecular complexity index is 820. The molecule has 0 amide bonds. The lowest BCUT2D eigenvalue weighted by Gasteiger charge is -2.08. The number of allylic oxidation sites excluding steroid dienone is 1. The third-order valence-electron chi connectivity index (χ3n) is 3.78. The normalized spacial score (nSPS) is 10.9. The number of aryl methyl sites for hydroxylation is 1. The van der Waals surface area contributed by atoms with Crippen LogP contribution in [0.3, 0.4) is 0 Å². The first-order valence-electron chi connectivity index (χ1n) is 7.68. The standard InChI is InChI=1S/C18H19FN4S/c1-3-10-23-17(12-16-5-4-11-22(16)2)20-21-18(23)24-13-14-6-8-15(19)9-7-14/h3-9,11H,1,10,12-13H2,2H3. The maximum absolute atomic E-state index is 13.0. The van der Waals surface area contributed by atoms with Crippen molar-refractivity contribution in [2.75, 3.05) is 0 Å². The minimum Gasteiger partial charge on any atom is -0.354 e. The average molecular weight is 342 g/mol. The van der Waals surface area contributed by atoms with E-state index in [1.165, 1.54) is 17.8 Å². The molecule has 0 radical (unpaired) electrons. The van der Waals surface area contributed by atoms with Gasteiger partial charge in [-0.25, -0.2) is 4.39 Å². The van der Waals surface area contributed by atoms with Gasteiger partial charge in [0.15, 0.2) is 5.16 Å². The Balaban J connectivity index is 1.76. The summed E-state index contributed by atoms with van der Waals surface area (Å²) in [4.78, 5) is 0. The van der Waals surface area contributed by atoms with Crippen LogP contribution in [0.5, 0.6) is 0 Å². The molecule has 0 unspecified atom stereocenters. The lowest BCUT2D eigenvalue weighted by Crippen LogP contribution is -2.06. The van der Waals surface area contributed by atoms with Crippen molar-refractivity contribution in [3.8, 4) is 0 Å². The minimum atomic E-state index is -0.219. The molecule has 0 aliphatic rings. The molecule has 4 nitrogen and oxygen atoms in total. The van der Waals surface area contributed by atoms with Gasteiger partial charge in [0, 0.05) is 37.7 Å². The van der Waals surface area contributed by atoms with Crippen LogP contribution in [0.25, 0.3) is 0 Å². The van der Waals surface area contributed by atoms with Gasteiger partial charge in [0.25, 0.3) is 0 Å². The zero-order valence-corrected chi connectivity index (χ0v) is 14.3. The zero-order chi connectivity index (χ0) is 16.9. The van der Waals surface area contributed by atoms with Gasteiger partial charge in [0.05, 0.1) is 0 Å². The molecule has 0 spiro atoms. The molecule has 6 heteroatoms. The van der Waals surface area contributed by atoms with Crippen molar-refractivity contribution in [2.24, 2.45) is 7.05 Å². The molecule has 0 saturated heterocycles. The van der Waals surface area contributed by atoms with Crippen molar-refractivity contribution in [3.63, 3.8) is 0 Å². The summed E-state index contributed by atoms with van der Waals surface area (Å²) >= 11 is 1.60. The number of aromatic nitrogens is 4. The van der Waals surface area contributed by atoms with Crippen LogP contribution in [0.2, 0.25) is 0 Å². The lowest BCUT2D eigenvalue weighted by molar-refractivity contribution is 0.627. The molecule has 0 bridgehead atoms. The van der Waals surface area contributed by atoms with Gasteiger partial charge in [-0.2, -0.15) is 0 Å². The van der Waals surface area contributed by atoms with Gasteiger partial charge < -0.3 is 9.13 Å². The molecule has 3 aromatic rings. The van der Waals surface area contributed by atoms with Crippen molar-refractivity contribution >= 4 is 11.8 Å². The minimum absolute atomic E-state index is 0.219. The fourth-order valence-corrected chi connectivity index (χ4v) is 3.36. The molecular formula is C18H19FN4S. The highest BCUT2D eigenvalue weighted by Crippen LogP contribution is 2.23. The van der Waals surface area contributed by atoms with E-state index >= 15 is 0 Å². The number of benzene rings is 1. The largest absolute Gasteiger partial charge is 0.354 e. The molecule has 1 aromatic carbocycles. The number of hydrogen-bond donors (Lipinski definition) is 0. The molecule has 0 N–H and O–H groups in total. The molecule has 2 aromatic heterocycles. The highest BCUT2D eigenvalue weighted by molar-refractivity contribution is 7.98. The number of rotatable bonds is 7. The molecule has 124 valence electrons. The fraction of sp³-hybridized carbons (Fsp3) is 0.222. The molecule has 2 heterocycles. The third kappa shape index (κ3) is 3.76. The zero-order valence-electron chi connectivity index (χ0n) is 13.5. The SMILES string of the molecule is C=CCn1c(Cc2cccn2C)nnc1SCc1ccc(F)cc1. The summed E-state index contributed by atoms with van der Waals surface area (Å²) < 4.78 is 17.1. The predicted octanol–water partition coefficient (Wildman–Crippen LogP) is 3.82. The topological polar surface area (TPSA) is 35.6 Å². The summed E-state index contributed by atoms with van der Waals surface area (Å²) in [5.74, 6) is 1.42. The first kappa shape index (κ1) is 16.5. The average Bonchev–Trinajstić information content (AvgIpc) is 3.15.